The zero-order valence-electron chi connectivity index (χ0n) is 12.7. The van der Waals surface area contributed by atoms with Crippen molar-refractivity contribution in [2.24, 2.45) is 11.7 Å². The molecule has 114 valence electrons. The van der Waals surface area contributed by atoms with Crippen molar-refractivity contribution in [3.05, 3.63) is 0 Å². The number of carbonyl (C=O) groups is 2. The second-order valence-electron chi connectivity index (χ2n) is 6.93. The van der Waals surface area contributed by atoms with Gasteiger partial charge in [-0.15, -0.1) is 0 Å². The summed E-state index contributed by atoms with van der Waals surface area (Å²) in [7, 11) is 0. The molecule has 2 fully saturated rings. The number of piperidine rings is 1. The molecule has 2 rings (SSSR count). The first-order valence-corrected chi connectivity index (χ1v) is 7.72. The van der Waals surface area contributed by atoms with Crippen LogP contribution in [0.1, 0.15) is 52.4 Å². The van der Waals surface area contributed by atoms with E-state index in [0.29, 0.717) is 24.7 Å². The number of nitrogens with two attached hydrogens (primary N) is 1. The predicted molar refractivity (Wildman–Crippen MR) is 78.0 cm³/mol. The highest BCUT2D eigenvalue weighted by Crippen LogP contribution is 2.31. The van der Waals surface area contributed by atoms with E-state index in [0.717, 1.165) is 38.8 Å². The number of carbonyl (C=O) groups excluding carboxylic acids is 2. The Hall–Kier alpha value is -1.10. The standard InChI is InChI=1S/C15H27N3O2/c1-15(2,16)8-5-13(19)17-12-6-9-18(10-7-12)14(20)11-3-4-11/h11-12H,3-10,16H2,1-2H3,(H,17,19). The molecule has 0 bridgehead atoms. The molecular formula is C15H27N3O2. The first kappa shape index (κ1) is 15.3. The summed E-state index contributed by atoms with van der Waals surface area (Å²) in [5, 5.41) is 3.06. The third-order valence-corrected chi connectivity index (χ3v) is 4.09. The Bertz CT molecular complexity index is 364. The van der Waals surface area contributed by atoms with Gasteiger partial charge in [0.05, 0.1) is 0 Å². The van der Waals surface area contributed by atoms with Gasteiger partial charge in [0.15, 0.2) is 0 Å². The molecular weight excluding hydrogens is 254 g/mol. The molecule has 1 aliphatic heterocycles. The van der Waals surface area contributed by atoms with Crippen molar-refractivity contribution in [3.8, 4) is 0 Å². The summed E-state index contributed by atoms with van der Waals surface area (Å²) in [4.78, 5) is 25.7. The first-order chi connectivity index (χ1) is 9.35. The monoisotopic (exact) mass is 281 g/mol. The van der Waals surface area contributed by atoms with Crippen LogP contribution in [0.3, 0.4) is 0 Å². The molecule has 2 aliphatic rings. The number of hydrogen-bond acceptors (Lipinski definition) is 3. The maximum Gasteiger partial charge on any atom is 0.225 e. The van der Waals surface area contributed by atoms with Crippen LogP contribution in [0.4, 0.5) is 0 Å². The average molecular weight is 281 g/mol. The first-order valence-electron chi connectivity index (χ1n) is 7.72. The fraction of sp³-hybridized carbons (Fsp3) is 0.867. The van der Waals surface area contributed by atoms with Crippen molar-refractivity contribution in [2.45, 2.75) is 64.0 Å². The molecule has 0 aromatic carbocycles. The molecule has 5 nitrogen and oxygen atoms in total. The van der Waals surface area contributed by atoms with Gasteiger partial charge in [-0.1, -0.05) is 0 Å². The number of amides is 2. The van der Waals surface area contributed by atoms with Gasteiger partial charge in [0, 0.05) is 37.0 Å². The molecule has 3 N–H and O–H groups in total. The van der Waals surface area contributed by atoms with E-state index in [9.17, 15) is 9.59 Å². The van der Waals surface area contributed by atoms with Gasteiger partial charge >= 0.3 is 0 Å². The Labute approximate surface area is 121 Å². The van der Waals surface area contributed by atoms with Gasteiger partial charge in [0.1, 0.15) is 0 Å². The fourth-order valence-electron chi connectivity index (χ4n) is 2.57. The van der Waals surface area contributed by atoms with Crippen LogP contribution in [-0.4, -0.2) is 41.4 Å². The Morgan fingerprint density at radius 1 is 1.20 bits per heavy atom. The lowest BCUT2D eigenvalue weighted by Crippen LogP contribution is -2.47. The van der Waals surface area contributed by atoms with Gasteiger partial charge in [0.2, 0.25) is 11.8 Å². The van der Waals surface area contributed by atoms with Gasteiger partial charge in [0.25, 0.3) is 0 Å². The zero-order chi connectivity index (χ0) is 14.8. The van der Waals surface area contributed by atoms with Crippen molar-refractivity contribution in [1.29, 1.82) is 0 Å². The normalized spacial score (nSPS) is 20.9. The summed E-state index contributed by atoms with van der Waals surface area (Å²) in [5.74, 6) is 0.697. The third-order valence-electron chi connectivity index (χ3n) is 4.09. The molecule has 0 spiro atoms. The van der Waals surface area contributed by atoms with Crippen LogP contribution in [0.25, 0.3) is 0 Å². The van der Waals surface area contributed by atoms with E-state index in [1.807, 2.05) is 18.7 Å². The Balaban J connectivity index is 1.66. The third kappa shape index (κ3) is 4.78. The van der Waals surface area contributed by atoms with Gasteiger partial charge in [-0.2, -0.15) is 0 Å². The largest absolute Gasteiger partial charge is 0.353 e. The SMILES string of the molecule is CC(C)(N)CCC(=O)NC1CCN(C(=O)C2CC2)CC1. The minimum atomic E-state index is -0.294. The van der Waals surface area contributed by atoms with E-state index in [-0.39, 0.29) is 17.5 Å². The molecule has 0 radical (unpaired) electrons. The summed E-state index contributed by atoms with van der Waals surface area (Å²) in [6.07, 6.45) is 5.03. The van der Waals surface area contributed by atoms with Crippen molar-refractivity contribution in [1.82, 2.24) is 10.2 Å². The molecule has 2 amide bonds. The second kappa shape index (κ2) is 6.12. The molecule has 20 heavy (non-hydrogen) atoms. The lowest BCUT2D eigenvalue weighted by molar-refractivity contribution is -0.133. The molecule has 1 saturated carbocycles. The molecule has 5 heteroatoms. The van der Waals surface area contributed by atoms with Crippen LogP contribution in [0.5, 0.6) is 0 Å². The topological polar surface area (TPSA) is 75.4 Å². The van der Waals surface area contributed by atoms with E-state index < -0.39 is 0 Å². The maximum atomic E-state index is 11.9. The van der Waals surface area contributed by atoms with E-state index in [1.54, 1.807) is 0 Å². The van der Waals surface area contributed by atoms with E-state index in [2.05, 4.69) is 5.32 Å². The molecule has 0 unspecified atom stereocenters. The zero-order valence-corrected chi connectivity index (χ0v) is 12.7. The smallest absolute Gasteiger partial charge is 0.225 e. The number of nitrogens with one attached hydrogen (secondary N) is 1. The molecule has 0 atom stereocenters. The van der Waals surface area contributed by atoms with Crippen LogP contribution in [0.15, 0.2) is 0 Å². The van der Waals surface area contributed by atoms with Crippen molar-refractivity contribution < 1.29 is 9.59 Å². The highest BCUT2D eigenvalue weighted by Gasteiger charge is 2.35. The van der Waals surface area contributed by atoms with Crippen molar-refractivity contribution in [2.75, 3.05) is 13.1 Å². The lowest BCUT2D eigenvalue weighted by Gasteiger charge is -2.32. The van der Waals surface area contributed by atoms with Crippen molar-refractivity contribution >= 4 is 11.8 Å². The van der Waals surface area contributed by atoms with Gasteiger partial charge in [-0.25, -0.2) is 0 Å². The van der Waals surface area contributed by atoms with Crippen LogP contribution < -0.4 is 11.1 Å². The van der Waals surface area contributed by atoms with Crippen LogP contribution >= 0.6 is 0 Å². The quantitative estimate of drug-likeness (QED) is 0.790. The predicted octanol–water partition coefficient (Wildman–Crippen LogP) is 1.02. The summed E-state index contributed by atoms with van der Waals surface area (Å²) in [6, 6.07) is 0.214. The Morgan fingerprint density at radius 2 is 1.80 bits per heavy atom. The Kier molecular flexibility index (Phi) is 4.68. The minimum absolute atomic E-state index is 0.0792. The van der Waals surface area contributed by atoms with E-state index in [1.165, 1.54) is 0 Å². The second-order valence-corrected chi connectivity index (χ2v) is 6.93. The highest BCUT2D eigenvalue weighted by atomic mass is 16.2. The molecule has 0 aromatic heterocycles. The minimum Gasteiger partial charge on any atom is -0.353 e. The highest BCUT2D eigenvalue weighted by molar-refractivity contribution is 5.81. The number of hydrogen-bond donors (Lipinski definition) is 2. The maximum absolute atomic E-state index is 11.9. The van der Waals surface area contributed by atoms with Crippen LogP contribution in [0.2, 0.25) is 0 Å². The van der Waals surface area contributed by atoms with Gasteiger partial charge in [-0.05, 0) is 46.0 Å². The summed E-state index contributed by atoms with van der Waals surface area (Å²) in [6.45, 7) is 5.43. The average Bonchev–Trinajstić information content (AvgIpc) is 3.20. The van der Waals surface area contributed by atoms with E-state index >= 15 is 0 Å². The van der Waals surface area contributed by atoms with Gasteiger partial charge < -0.3 is 16.0 Å². The number of rotatable bonds is 5. The number of nitrogens with zero attached hydrogens (tertiary/aromatic N) is 1. The molecule has 1 aliphatic carbocycles. The van der Waals surface area contributed by atoms with E-state index in [4.69, 9.17) is 5.73 Å². The van der Waals surface area contributed by atoms with Crippen LogP contribution in [-0.2, 0) is 9.59 Å². The van der Waals surface area contributed by atoms with Crippen molar-refractivity contribution in [3.63, 3.8) is 0 Å². The molecule has 0 aromatic rings. The summed E-state index contributed by atoms with van der Waals surface area (Å²) in [5.41, 5.74) is 5.58. The molecule has 1 saturated heterocycles. The summed E-state index contributed by atoms with van der Waals surface area (Å²) < 4.78 is 0. The lowest BCUT2D eigenvalue weighted by atomic mass is 9.99. The molecule has 1 heterocycles. The van der Waals surface area contributed by atoms with Gasteiger partial charge in [-0.3, -0.25) is 9.59 Å². The fourth-order valence-corrected chi connectivity index (χ4v) is 2.57. The van der Waals surface area contributed by atoms with Crippen LogP contribution in [0, 0.1) is 5.92 Å². The number of likely N-dealkylation sites (tertiary alicyclic amines) is 1. The summed E-state index contributed by atoms with van der Waals surface area (Å²) >= 11 is 0. The Morgan fingerprint density at radius 3 is 2.30 bits per heavy atom.